The molecule has 3 rings (SSSR count). The maximum absolute atomic E-state index is 13.7. The maximum atomic E-state index is 13.7. The normalized spacial score (nSPS) is 14.1. The number of alkyl halides is 6. The van der Waals surface area contributed by atoms with Crippen LogP contribution in [0.2, 0.25) is 0 Å². The molecule has 1 heterocycles. The second kappa shape index (κ2) is 12.6. The molecule has 0 saturated carbocycles. The molecule has 3 N–H and O–H groups in total. The smallest absolute Gasteiger partial charge is 0.494 e. The van der Waals surface area contributed by atoms with Gasteiger partial charge in [0.05, 0.1) is 29.9 Å². The molecular weight excluding hydrogens is 575 g/mol. The number of hydrogen-bond donors (Lipinski definition) is 2. The van der Waals surface area contributed by atoms with Gasteiger partial charge in [-0.15, -0.1) is 19.6 Å². The van der Waals surface area contributed by atoms with E-state index < -0.39 is 37.3 Å². The molecule has 0 fully saturated rings. The van der Waals surface area contributed by atoms with Crippen LogP contribution in [0.15, 0.2) is 42.5 Å². The predicted octanol–water partition coefficient (Wildman–Crippen LogP) is 6.32. The number of nitrogens with zero attached hydrogens (tertiary/aromatic N) is 2. The molecule has 2 atom stereocenters. The SMILES string of the molecule is C[C@](N)(CO[P+](=O)O)c1nnc(-c2ccc(OCCCCOc3ccc(C(F)(F)F)cc3)c(C(F)(F)F)c2)s1. The number of benzene rings is 2. The Kier molecular flexibility index (Phi) is 9.88. The van der Waals surface area contributed by atoms with Crippen LogP contribution in [0.25, 0.3) is 10.6 Å². The summed E-state index contributed by atoms with van der Waals surface area (Å²) in [6, 6.07) is 7.60. The minimum Gasteiger partial charge on any atom is -0.494 e. The Labute approximate surface area is 223 Å². The van der Waals surface area contributed by atoms with Crippen molar-refractivity contribution < 1.29 is 49.8 Å². The van der Waals surface area contributed by atoms with Gasteiger partial charge in [0.2, 0.25) is 0 Å². The molecule has 0 aliphatic heterocycles. The molecule has 0 spiro atoms. The summed E-state index contributed by atoms with van der Waals surface area (Å²) in [6.07, 6.45) is -8.46. The van der Waals surface area contributed by atoms with Gasteiger partial charge in [0, 0.05) is 10.1 Å². The number of unbranched alkanes of at least 4 members (excludes halogenated alkanes) is 1. The highest BCUT2D eigenvalue weighted by Gasteiger charge is 2.36. The number of aromatic nitrogens is 2. The summed E-state index contributed by atoms with van der Waals surface area (Å²) in [5.74, 6) is -0.145. The minimum atomic E-state index is -4.73. The van der Waals surface area contributed by atoms with Crippen molar-refractivity contribution >= 4 is 19.6 Å². The van der Waals surface area contributed by atoms with Gasteiger partial charge in [-0.25, -0.2) is 0 Å². The Bertz CT molecular complexity index is 1270. The summed E-state index contributed by atoms with van der Waals surface area (Å²) in [5, 5.41) is 8.12. The molecule has 8 nitrogen and oxygen atoms in total. The number of halogens is 6. The summed E-state index contributed by atoms with van der Waals surface area (Å²) < 4.78 is 105. The molecule has 212 valence electrons. The Morgan fingerprint density at radius 1 is 0.949 bits per heavy atom. The van der Waals surface area contributed by atoms with Crippen LogP contribution < -0.4 is 15.2 Å². The molecule has 0 radical (unpaired) electrons. The highest BCUT2D eigenvalue weighted by molar-refractivity contribution is 7.32. The minimum absolute atomic E-state index is 0.0552. The third-order valence-corrected chi connectivity index (χ3v) is 6.77. The van der Waals surface area contributed by atoms with Gasteiger partial charge in [-0.2, -0.15) is 26.3 Å². The first-order valence-electron chi connectivity index (χ1n) is 11.2. The molecule has 1 aromatic heterocycles. The summed E-state index contributed by atoms with van der Waals surface area (Å²) in [7, 11) is -2.89. The average molecular weight is 598 g/mol. The van der Waals surface area contributed by atoms with Crippen molar-refractivity contribution in [1.29, 1.82) is 0 Å². The fourth-order valence-electron chi connectivity index (χ4n) is 3.15. The van der Waals surface area contributed by atoms with Crippen molar-refractivity contribution in [2.45, 2.75) is 37.7 Å². The molecule has 0 bridgehead atoms. The van der Waals surface area contributed by atoms with Crippen molar-refractivity contribution in [1.82, 2.24) is 10.2 Å². The van der Waals surface area contributed by atoms with Crippen LogP contribution in [0.4, 0.5) is 26.3 Å². The molecule has 0 amide bonds. The molecule has 0 aliphatic rings. The zero-order valence-corrected chi connectivity index (χ0v) is 22.0. The van der Waals surface area contributed by atoms with Gasteiger partial charge in [-0.3, -0.25) is 0 Å². The highest BCUT2D eigenvalue weighted by Crippen LogP contribution is 2.40. The zero-order valence-electron chi connectivity index (χ0n) is 20.3. The van der Waals surface area contributed by atoms with E-state index in [2.05, 4.69) is 14.7 Å². The summed E-state index contributed by atoms with van der Waals surface area (Å²) >= 11 is 0.915. The first kappa shape index (κ1) is 30.7. The lowest BCUT2D eigenvalue weighted by Gasteiger charge is -2.16. The predicted molar refractivity (Wildman–Crippen MR) is 129 cm³/mol. The van der Waals surface area contributed by atoms with Crippen LogP contribution in [0.5, 0.6) is 11.5 Å². The van der Waals surface area contributed by atoms with Crippen molar-refractivity contribution in [3.63, 3.8) is 0 Å². The number of ether oxygens (including phenoxy) is 2. The topological polar surface area (TPSA) is 117 Å². The monoisotopic (exact) mass is 598 g/mol. The van der Waals surface area contributed by atoms with E-state index in [1.165, 1.54) is 31.2 Å². The van der Waals surface area contributed by atoms with Crippen molar-refractivity contribution in [3.8, 4) is 22.1 Å². The lowest BCUT2D eigenvalue weighted by Crippen LogP contribution is -2.37. The molecule has 39 heavy (non-hydrogen) atoms. The van der Waals surface area contributed by atoms with E-state index in [0.717, 1.165) is 29.5 Å². The fraction of sp³-hybridized carbons (Fsp3) is 0.391. The third-order valence-electron chi connectivity index (χ3n) is 5.17. The first-order chi connectivity index (χ1) is 18.2. The van der Waals surface area contributed by atoms with E-state index in [1.54, 1.807) is 0 Å². The Hall–Kier alpha value is -2.84. The maximum Gasteiger partial charge on any atom is 0.694 e. The Balaban J connectivity index is 1.58. The highest BCUT2D eigenvalue weighted by atomic mass is 32.1. The first-order valence-corrected chi connectivity index (χ1v) is 13.2. The van der Waals surface area contributed by atoms with E-state index in [0.29, 0.717) is 12.8 Å². The standard InChI is InChI=1S/C23H22F6N3O5PS/c1-21(30,13-37-38(33)34)20-32-31-19(39-20)14-4-9-18(17(12-14)23(27,28)29)36-11-3-2-10-35-16-7-5-15(6-8-16)22(24,25)26/h4-9,12H,2-3,10-11,13,30H2,1H3/p+1/t21-/m0/s1. The average Bonchev–Trinajstić information content (AvgIpc) is 3.36. The fourth-order valence-corrected chi connectivity index (χ4v) is 4.41. The molecule has 3 aromatic rings. The van der Waals surface area contributed by atoms with Gasteiger partial charge in [-0.05, 0) is 62.2 Å². The van der Waals surface area contributed by atoms with Gasteiger partial charge in [0.15, 0.2) is 0 Å². The Morgan fingerprint density at radius 3 is 2.18 bits per heavy atom. The van der Waals surface area contributed by atoms with Gasteiger partial charge in [-0.1, -0.05) is 11.3 Å². The number of nitrogens with two attached hydrogens (primary N) is 1. The summed E-state index contributed by atoms with van der Waals surface area (Å²) in [4.78, 5) is 8.80. The van der Waals surface area contributed by atoms with E-state index in [-0.39, 0.29) is 46.9 Å². The van der Waals surface area contributed by atoms with E-state index in [9.17, 15) is 30.9 Å². The molecular formula is C23H23F6N3O5PS+. The van der Waals surface area contributed by atoms with Crippen LogP contribution >= 0.6 is 19.6 Å². The number of rotatable bonds is 12. The van der Waals surface area contributed by atoms with Gasteiger partial charge in [0.1, 0.15) is 28.1 Å². The van der Waals surface area contributed by atoms with Crippen molar-refractivity contribution in [3.05, 3.63) is 58.6 Å². The third kappa shape index (κ3) is 8.83. The summed E-state index contributed by atoms with van der Waals surface area (Å²) in [5.41, 5.74) is 3.04. The van der Waals surface area contributed by atoms with E-state index >= 15 is 0 Å². The molecule has 0 aliphatic carbocycles. The zero-order chi connectivity index (χ0) is 28.8. The second-order valence-electron chi connectivity index (χ2n) is 8.48. The Morgan fingerprint density at radius 2 is 1.59 bits per heavy atom. The van der Waals surface area contributed by atoms with Gasteiger partial charge < -0.3 is 15.2 Å². The van der Waals surface area contributed by atoms with Crippen LogP contribution in [-0.4, -0.2) is 34.9 Å². The molecule has 2 aromatic carbocycles. The van der Waals surface area contributed by atoms with Crippen molar-refractivity contribution in [2.24, 2.45) is 5.73 Å². The quantitative estimate of drug-likeness (QED) is 0.141. The van der Waals surface area contributed by atoms with Gasteiger partial charge >= 0.3 is 20.6 Å². The summed E-state index contributed by atoms with van der Waals surface area (Å²) in [6.45, 7) is 1.20. The second-order valence-corrected chi connectivity index (χ2v) is 10.2. The van der Waals surface area contributed by atoms with Crippen LogP contribution in [-0.2, 0) is 27.0 Å². The lowest BCUT2D eigenvalue weighted by atomic mass is 10.1. The van der Waals surface area contributed by atoms with Crippen LogP contribution in [0.1, 0.15) is 35.9 Å². The van der Waals surface area contributed by atoms with Crippen LogP contribution in [0, 0.1) is 0 Å². The molecule has 0 saturated heterocycles. The van der Waals surface area contributed by atoms with Crippen LogP contribution in [0.3, 0.4) is 0 Å². The molecule has 1 unspecified atom stereocenters. The van der Waals surface area contributed by atoms with Crippen molar-refractivity contribution in [2.75, 3.05) is 19.8 Å². The van der Waals surface area contributed by atoms with Gasteiger partial charge in [0.25, 0.3) is 0 Å². The molecule has 16 heteroatoms. The largest absolute Gasteiger partial charge is 0.694 e. The lowest BCUT2D eigenvalue weighted by molar-refractivity contribution is -0.139. The van der Waals surface area contributed by atoms with E-state index in [4.69, 9.17) is 20.1 Å². The number of hydrogen-bond acceptors (Lipinski definition) is 8. The van der Waals surface area contributed by atoms with E-state index in [1.807, 2.05) is 0 Å².